The highest BCUT2D eigenvalue weighted by molar-refractivity contribution is 6.38. The molecule has 0 aromatic heterocycles. The molecule has 34 heavy (non-hydrogen) atoms. The Kier molecular flexibility index (Phi) is 11.2. The average molecular weight is 479 g/mol. The van der Waals surface area contributed by atoms with Crippen molar-refractivity contribution in [3.63, 3.8) is 0 Å². The number of hydrogen-bond donors (Lipinski definition) is 4. The second kappa shape index (κ2) is 13.8. The van der Waals surface area contributed by atoms with Crippen LogP contribution in [0.25, 0.3) is 0 Å². The zero-order valence-electron chi connectivity index (χ0n) is 20.0. The van der Waals surface area contributed by atoms with Crippen molar-refractivity contribution in [2.24, 2.45) is 5.92 Å². The Labute approximate surface area is 200 Å². The molecule has 10 nitrogen and oxygen atoms in total. The van der Waals surface area contributed by atoms with Crippen LogP contribution in [0.15, 0.2) is 12.7 Å². The number of amides is 3. The van der Waals surface area contributed by atoms with Gasteiger partial charge in [-0.2, -0.15) is 0 Å². The number of carbonyl (C=O) groups excluding carboxylic acids is 4. The van der Waals surface area contributed by atoms with Crippen LogP contribution < -0.4 is 16.0 Å². The molecule has 3 unspecified atom stereocenters. The second-order valence-electron chi connectivity index (χ2n) is 9.05. The molecule has 2 rings (SSSR count). The third kappa shape index (κ3) is 7.65. The minimum atomic E-state index is -1.09. The van der Waals surface area contributed by atoms with Gasteiger partial charge in [0, 0.05) is 13.1 Å². The first-order valence-electron chi connectivity index (χ1n) is 12.2. The van der Waals surface area contributed by atoms with Gasteiger partial charge in [0.1, 0.15) is 6.04 Å². The van der Waals surface area contributed by atoms with E-state index in [2.05, 4.69) is 22.5 Å². The van der Waals surface area contributed by atoms with Crippen LogP contribution in [0.5, 0.6) is 0 Å². The summed E-state index contributed by atoms with van der Waals surface area (Å²) in [6, 6.07) is -2.11. The topological polar surface area (TPSA) is 145 Å². The van der Waals surface area contributed by atoms with Gasteiger partial charge in [-0.25, -0.2) is 0 Å². The number of allylic oxidation sites excluding steroid dienone is 1. The van der Waals surface area contributed by atoms with Gasteiger partial charge in [0.05, 0.1) is 18.5 Å². The van der Waals surface area contributed by atoms with Crippen molar-refractivity contribution in [3.05, 3.63) is 12.7 Å². The lowest BCUT2D eigenvalue weighted by molar-refractivity contribution is -0.143. The fourth-order valence-electron chi connectivity index (χ4n) is 4.86. The number of carbonyl (C=O) groups is 5. The lowest BCUT2D eigenvalue weighted by atomic mass is 9.83. The summed E-state index contributed by atoms with van der Waals surface area (Å²) in [6.07, 6.45) is 8.38. The van der Waals surface area contributed by atoms with Crippen LogP contribution in [-0.4, -0.2) is 77.7 Å². The van der Waals surface area contributed by atoms with Gasteiger partial charge >= 0.3 is 5.97 Å². The van der Waals surface area contributed by atoms with Gasteiger partial charge < -0.3 is 26.0 Å². The summed E-state index contributed by atoms with van der Waals surface area (Å²) in [6.45, 7) is 3.92. The summed E-state index contributed by atoms with van der Waals surface area (Å²) in [4.78, 5) is 63.6. The van der Waals surface area contributed by atoms with Crippen molar-refractivity contribution in [1.82, 2.24) is 20.9 Å². The van der Waals surface area contributed by atoms with E-state index in [-0.39, 0.29) is 37.3 Å². The van der Waals surface area contributed by atoms with Gasteiger partial charge in [-0.05, 0) is 51.5 Å². The molecule has 0 aromatic rings. The molecule has 1 heterocycles. The highest BCUT2D eigenvalue weighted by Crippen LogP contribution is 2.29. The van der Waals surface area contributed by atoms with Crippen molar-refractivity contribution in [2.75, 3.05) is 20.1 Å². The Morgan fingerprint density at radius 2 is 1.79 bits per heavy atom. The number of likely N-dealkylation sites (tertiary alicyclic amines) is 1. The van der Waals surface area contributed by atoms with Crippen LogP contribution in [0, 0.1) is 5.92 Å². The highest BCUT2D eigenvalue weighted by atomic mass is 16.4. The second-order valence-corrected chi connectivity index (χ2v) is 9.05. The number of carboxylic acids is 1. The molecule has 2 aliphatic rings. The third-order valence-corrected chi connectivity index (χ3v) is 6.68. The molecule has 0 bridgehead atoms. The summed E-state index contributed by atoms with van der Waals surface area (Å²) >= 11 is 0. The number of rotatable bonds is 13. The molecule has 1 aliphatic carbocycles. The quantitative estimate of drug-likeness (QED) is 0.226. The Hall–Kier alpha value is -2.75. The van der Waals surface area contributed by atoms with Gasteiger partial charge in [-0.1, -0.05) is 25.3 Å². The maximum Gasteiger partial charge on any atom is 0.305 e. The Morgan fingerprint density at radius 3 is 2.41 bits per heavy atom. The molecule has 10 heteroatoms. The standard InChI is InChI=1S/C24H38N4O6/c1-3-4-11-17(21(31)23(33)26-14-13-19(29)30)27-22(32)18-12-8-15-28(18)24(34)20(25-2)16-9-6-5-7-10-16/h3,16-18,20,25H,1,4-15H2,2H3,(H,26,33)(H,27,32)(H,29,30). The fourth-order valence-corrected chi connectivity index (χ4v) is 4.86. The van der Waals surface area contributed by atoms with Crippen molar-refractivity contribution in [3.8, 4) is 0 Å². The highest BCUT2D eigenvalue weighted by Gasteiger charge is 2.40. The lowest BCUT2D eigenvalue weighted by Crippen LogP contribution is -2.56. The van der Waals surface area contributed by atoms with Gasteiger partial charge in [0.25, 0.3) is 5.91 Å². The van der Waals surface area contributed by atoms with Gasteiger partial charge in [-0.3, -0.25) is 24.0 Å². The van der Waals surface area contributed by atoms with E-state index in [4.69, 9.17) is 5.11 Å². The maximum absolute atomic E-state index is 13.4. The van der Waals surface area contributed by atoms with E-state index < -0.39 is 35.7 Å². The van der Waals surface area contributed by atoms with Gasteiger partial charge in [0.15, 0.2) is 0 Å². The number of ketones is 1. The molecule has 1 saturated heterocycles. The molecule has 190 valence electrons. The zero-order chi connectivity index (χ0) is 25.1. The first kappa shape index (κ1) is 27.5. The molecule has 2 fully saturated rings. The van der Waals surface area contributed by atoms with E-state index in [1.807, 2.05) is 0 Å². The van der Waals surface area contributed by atoms with Crippen LogP contribution in [-0.2, 0) is 24.0 Å². The molecule has 1 aliphatic heterocycles. The van der Waals surface area contributed by atoms with Crippen LogP contribution in [0.2, 0.25) is 0 Å². The van der Waals surface area contributed by atoms with Crippen molar-refractivity contribution in [2.45, 2.75) is 82.3 Å². The molecule has 0 aromatic carbocycles. The third-order valence-electron chi connectivity index (χ3n) is 6.68. The van der Waals surface area contributed by atoms with Crippen LogP contribution in [0.1, 0.15) is 64.2 Å². The Balaban J connectivity index is 2.05. The van der Waals surface area contributed by atoms with Gasteiger partial charge in [0.2, 0.25) is 17.6 Å². The normalized spacial score (nSPS) is 20.3. The number of nitrogens with zero attached hydrogens (tertiary/aromatic N) is 1. The first-order chi connectivity index (χ1) is 16.3. The lowest BCUT2D eigenvalue weighted by Gasteiger charge is -2.34. The molecule has 4 N–H and O–H groups in total. The van der Waals surface area contributed by atoms with Crippen LogP contribution >= 0.6 is 0 Å². The van der Waals surface area contributed by atoms with Crippen molar-refractivity contribution >= 4 is 29.5 Å². The summed E-state index contributed by atoms with van der Waals surface area (Å²) in [7, 11) is 1.77. The molecular weight excluding hydrogens is 440 g/mol. The Bertz CT molecular complexity index is 765. The molecule has 0 spiro atoms. The summed E-state index contributed by atoms with van der Waals surface area (Å²) in [5.41, 5.74) is 0. The van der Waals surface area contributed by atoms with E-state index in [9.17, 15) is 24.0 Å². The van der Waals surface area contributed by atoms with E-state index in [0.29, 0.717) is 25.8 Å². The largest absolute Gasteiger partial charge is 0.481 e. The summed E-state index contributed by atoms with van der Waals surface area (Å²) < 4.78 is 0. The molecule has 0 radical (unpaired) electrons. The zero-order valence-corrected chi connectivity index (χ0v) is 20.0. The SMILES string of the molecule is C=CCCC(NC(=O)C1CCCN1C(=O)C(NC)C1CCCCC1)C(=O)C(=O)NCCC(=O)O. The average Bonchev–Trinajstić information content (AvgIpc) is 3.32. The van der Waals surface area contributed by atoms with E-state index >= 15 is 0 Å². The molecular formula is C24H38N4O6. The van der Waals surface area contributed by atoms with Crippen LogP contribution in [0.3, 0.4) is 0 Å². The van der Waals surface area contributed by atoms with Crippen LogP contribution in [0.4, 0.5) is 0 Å². The molecule has 3 amide bonds. The van der Waals surface area contributed by atoms with E-state index in [0.717, 1.165) is 25.7 Å². The van der Waals surface area contributed by atoms with E-state index in [1.165, 1.54) is 6.42 Å². The number of likely N-dealkylation sites (N-methyl/N-ethyl adjacent to an activating group) is 1. The Morgan fingerprint density at radius 1 is 1.09 bits per heavy atom. The monoisotopic (exact) mass is 478 g/mol. The number of hydrogen-bond acceptors (Lipinski definition) is 6. The minimum absolute atomic E-state index is 0.0903. The van der Waals surface area contributed by atoms with Crippen molar-refractivity contribution in [1.29, 1.82) is 0 Å². The molecule has 1 saturated carbocycles. The number of nitrogens with one attached hydrogen (secondary N) is 3. The smallest absolute Gasteiger partial charge is 0.305 e. The number of Topliss-reactive ketones (excluding diaryl/α,β-unsaturated/α-hetero) is 1. The summed E-state index contributed by atoms with van der Waals surface area (Å²) in [5, 5.41) is 16.8. The molecule has 3 atom stereocenters. The number of aliphatic carboxylic acids is 1. The summed E-state index contributed by atoms with van der Waals surface area (Å²) in [5.74, 6) is -3.18. The first-order valence-corrected chi connectivity index (χ1v) is 12.2. The van der Waals surface area contributed by atoms with Gasteiger partial charge in [-0.15, -0.1) is 6.58 Å². The van der Waals surface area contributed by atoms with Crippen molar-refractivity contribution < 1.29 is 29.1 Å². The predicted molar refractivity (Wildman–Crippen MR) is 126 cm³/mol. The maximum atomic E-state index is 13.4. The minimum Gasteiger partial charge on any atom is -0.481 e. The fraction of sp³-hybridized carbons (Fsp3) is 0.708. The predicted octanol–water partition coefficient (Wildman–Crippen LogP) is 0.757. The number of carboxylic acid groups (broad SMARTS) is 1. The van der Waals surface area contributed by atoms with E-state index in [1.54, 1.807) is 18.0 Å².